The Labute approximate surface area is 208 Å². The number of amides is 1. The number of hydrogen-bond donors (Lipinski definition) is 0. The molecule has 1 heterocycles. The Hall–Kier alpha value is -2.93. The summed E-state index contributed by atoms with van der Waals surface area (Å²) in [4.78, 5) is 17.3. The van der Waals surface area contributed by atoms with Crippen LogP contribution in [0.2, 0.25) is 0 Å². The summed E-state index contributed by atoms with van der Waals surface area (Å²) in [5.74, 6) is 3.23. The van der Waals surface area contributed by atoms with Crippen LogP contribution in [0.1, 0.15) is 30.4 Å². The van der Waals surface area contributed by atoms with Crippen LogP contribution in [0.25, 0.3) is 0 Å². The van der Waals surface area contributed by atoms with Gasteiger partial charge >= 0.3 is 0 Å². The molecule has 0 N–H and O–H groups in total. The third kappa shape index (κ3) is 5.67. The second kappa shape index (κ2) is 10.8. The minimum absolute atomic E-state index is 0.148. The Morgan fingerprint density at radius 1 is 1.03 bits per heavy atom. The first kappa shape index (κ1) is 25.2. The molecular formula is C28H38N2O5. The average Bonchev–Trinajstić information content (AvgIpc) is 3.58. The first-order valence-electron chi connectivity index (χ1n) is 12.3. The zero-order valence-corrected chi connectivity index (χ0v) is 21.6. The molecule has 0 aromatic heterocycles. The van der Waals surface area contributed by atoms with E-state index in [1.807, 2.05) is 48.3 Å². The molecule has 7 heteroatoms. The van der Waals surface area contributed by atoms with Gasteiger partial charge in [-0.3, -0.25) is 9.69 Å². The van der Waals surface area contributed by atoms with Gasteiger partial charge in [0.15, 0.2) is 11.5 Å². The first-order valence-corrected chi connectivity index (χ1v) is 12.3. The largest absolute Gasteiger partial charge is 0.493 e. The number of hydrogen-bond acceptors (Lipinski definition) is 6. The van der Waals surface area contributed by atoms with Crippen molar-refractivity contribution in [3.05, 3.63) is 47.5 Å². The number of carbonyl (C=O) groups excluding carboxylic acids is 1. The number of benzene rings is 2. The fourth-order valence-corrected chi connectivity index (χ4v) is 5.20. The van der Waals surface area contributed by atoms with Crippen LogP contribution in [0.3, 0.4) is 0 Å². The van der Waals surface area contributed by atoms with Crippen molar-refractivity contribution in [3.63, 3.8) is 0 Å². The number of likely N-dealkylation sites (tertiary alicyclic amines) is 1. The van der Waals surface area contributed by atoms with E-state index in [0.717, 1.165) is 50.2 Å². The highest BCUT2D eigenvalue weighted by Gasteiger charge is 2.58. The van der Waals surface area contributed by atoms with Gasteiger partial charge in [0.25, 0.3) is 0 Å². The molecule has 1 saturated carbocycles. The first-order chi connectivity index (χ1) is 16.9. The monoisotopic (exact) mass is 482 g/mol. The number of likely N-dealkylation sites (N-methyl/N-ethyl adjacent to an activating group) is 1. The highest BCUT2D eigenvalue weighted by atomic mass is 16.5. The van der Waals surface area contributed by atoms with Crippen LogP contribution in [0, 0.1) is 18.3 Å². The number of methoxy groups -OCH3 is 3. The Balaban J connectivity index is 1.25. The van der Waals surface area contributed by atoms with Gasteiger partial charge in [-0.25, -0.2) is 0 Å². The molecule has 2 aromatic carbocycles. The number of rotatable bonds is 10. The summed E-state index contributed by atoms with van der Waals surface area (Å²) < 4.78 is 22.2. The van der Waals surface area contributed by atoms with E-state index >= 15 is 0 Å². The fourth-order valence-electron chi connectivity index (χ4n) is 5.20. The highest BCUT2D eigenvalue weighted by Crippen LogP contribution is 2.60. The van der Waals surface area contributed by atoms with Crippen LogP contribution in [-0.2, 0) is 11.3 Å². The van der Waals surface area contributed by atoms with Gasteiger partial charge in [-0.15, -0.1) is 0 Å². The van der Waals surface area contributed by atoms with Crippen LogP contribution >= 0.6 is 0 Å². The smallest absolute Gasteiger partial charge is 0.226 e. The maximum absolute atomic E-state index is 13.1. The van der Waals surface area contributed by atoms with Crippen molar-refractivity contribution in [2.75, 3.05) is 54.6 Å². The minimum atomic E-state index is 0.148. The van der Waals surface area contributed by atoms with Crippen LogP contribution in [0.4, 0.5) is 0 Å². The number of aryl methyl sites for hydroxylation is 1. The lowest BCUT2D eigenvalue weighted by atomic mass is 9.90. The zero-order valence-electron chi connectivity index (χ0n) is 21.6. The van der Waals surface area contributed by atoms with E-state index in [1.165, 1.54) is 5.56 Å². The third-order valence-corrected chi connectivity index (χ3v) is 7.56. The highest BCUT2D eigenvalue weighted by molar-refractivity contribution is 5.82. The predicted molar refractivity (Wildman–Crippen MR) is 135 cm³/mol. The summed E-state index contributed by atoms with van der Waals surface area (Å²) in [6.07, 6.45) is 3.12. The normalized spacial score (nSPS) is 18.7. The van der Waals surface area contributed by atoms with E-state index in [4.69, 9.17) is 18.9 Å². The standard InChI is InChI=1S/C28H38N2O5/c1-20-6-8-22(9-7-20)35-15-14-29(2)27(31)23-18-28(23)10-12-30(13-11-28)19-21-16-24(32-3)26(34-5)25(17-21)33-4/h6-9,16-17,23H,10-15,18-19H2,1-5H3. The Bertz CT molecular complexity index is 990. The Kier molecular flexibility index (Phi) is 7.75. The maximum atomic E-state index is 13.1. The average molecular weight is 483 g/mol. The lowest BCUT2D eigenvalue weighted by Gasteiger charge is -2.33. The van der Waals surface area contributed by atoms with Crippen molar-refractivity contribution in [1.82, 2.24) is 9.80 Å². The summed E-state index contributed by atoms with van der Waals surface area (Å²) in [6, 6.07) is 12.0. The summed E-state index contributed by atoms with van der Waals surface area (Å²) in [5, 5.41) is 0. The molecule has 7 nitrogen and oxygen atoms in total. The van der Waals surface area contributed by atoms with E-state index in [0.29, 0.717) is 30.4 Å². The third-order valence-electron chi connectivity index (χ3n) is 7.56. The molecule has 4 rings (SSSR count). The molecule has 1 amide bonds. The summed E-state index contributed by atoms with van der Waals surface area (Å²) in [5.41, 5.74) is 2.51. The van der Waals surface area contributed by atoms with Crippen molar-refractivity contribution in [1.29, 1.82) is 0 Å². The lowest BCUT2D eigenvalue weighted by molar-refractivity contribution is -0.132. The molecule has 190 valence electrons. The molecule has 2 fully saturated rings. The molecule has 0 radical (unpaired) electrons. The van der Waals surface area contributed by atoms with E-state index < -0.39 is 0 Å². The molecule has 2 aliphatic rings. The molecule has 1 aliphatic heterocycles. The summed E-state index contributed by atoms with van der Waals surface area (Å²) in [7, 11) is 6.79. The van der Waals surface area contributed by atoms with Gasteiger partial charge in [-0.2, -0.15) is 0 Å². The molecule has 2 aromatic rings. The van der Waals surface area contributed by atoms with Gasteiger partial charge in [-0.05, 0) is 74.5 Å². The van der Waals surface area contributed by atoms with Crippen molar-refractivity contribution < 1.29 is 23.7 Å². The zero-order chi connectivity index (χ0) is 25.0. The molecule has 35 heavy (non-hydrogen) atoms. The molecule has 0 bridgehead atoms. The van der Waals surface area contributed by atoms with Gasteiger partial charge in [0.1, 0.15) is 12.4 Å². The second-order valence-electron chi connectivity index (χ2n) is 9.85. The van der Waals surface area contributed by atoms with E-state index in [-0.39, 0.29) is 17.2 Å². The van der Waals surface area contributed by atoms with Crippen LogP contribution in [0.5, 0.6) is 23.0 Å². The quantitative estimate of drug-likeness (QED) is 0.507. The van der Waals surface area contributed by atoms with Crippen molar-refractivity contribution in [2.24, 2.45) is 11.3 Å². The molecule has 1 saturated heterocycles. The van der Waals surface area contributed by atoms with E-state index in [9.17, 15) is 4.79 Å². The number of nitrogens with zero attached hydrogens (tertiary/aromatic N) is 2. The fraction of sp³-hybridized carbons (Fsp3) is 0.536. The van der Waals surface area contributed by atoms with E-state index in [1.54, 1.807) is 21.3 Å². The number of piperidine rings is 1. The summed E-state index contributed by atoms with van der Waals surface area (Å²) in [6.45, 7) is 5.96. The maximum Gasteiger partial charge on any atom is 0.226 e. The lowest BCUT2D eigenvalue weighted by Crippen LogP contribution is -2.38. The van der Waals surface area contributed by atoms with Crippen molar-refractivity contribution in [2.45, 2.75) is 32.7 Å². The molecular weight excluding hydrogens is 444 g/mol. The van der Waals surface area contributed by atoms with Gasteiger partial charge < -0.3 is 23.8 Å². The molecule has 1 spiro atoms. The van der Waals surface area contributed by atoms with E-state index in [2.05, 4.69) is 11.8 Å². The van der Waals surface area contributed by atoms with Gasteiger partial charge in [0.05, 0.1) is 27.9 Å². The van der Waals surface area contributed by atoms with Gasteiger partial charge in [0, 0.05) is 19.5 Å². The van der Waals surface area contributed by atoms with Crippen LogP contribution < -0.4 is 18.9 Å². The van der Waals surface area contributed by atoms with Crippen LogP contribution in [-0.4, -0.2) is 70.3 Å². The van der Waals surface area contributed by atoms with Crippen molar-refractivity contribution in [3.8, 4) is 23.0 Å². The molecule has 1 atom stereocenters. The second-order valence-corrected chi connectivity index (χ2v) is 9.85. The number of carbonyl (C=O) groups is 1. The van der Waals surface area contributed by atoms with Gasteiger partial charge in [0.2, 0.25) is 11.7 Å². The predicted octanol–water partition coefficient (Wildman–Crippen LogP) is 4.16. The molecule has 1 aliphatic carbocycles. The Morgan fingerprint density at radius 2 is 1.66 bits per heavy atom. The molecule has 1 unspecified atom stereocenters. The van der Waals surface area contributed by atoms with Gasteiger partial charge in [-0.1, -0.05) is 17.7 Å². The van der Waals surface area contributed by atoms with Crippen LogP contribution in [0.15, 0.2) is 36.4 Å². The Morgan fingerprint density at radius 3 is 2.23 bits per heavy atom. The number of ether oxygens (including phenoxy) is 4. The topological polar surface area (TPSA) is 60.5 Å². The minimum Gasteiger partial charge on any atom is -0.493 e. The SMILES string of the molecule is COc1cc(CN2CCC3(CC2)CC3C(=O)N(C)CCOc2ccc(C)cc2)cc(OC)c1OC. The summed E-state index contributed by atoms with van der Waals surface area (Å²) >= 11 is 0. The van der Waals surface area contributed by atoms with Crippen molar-refractivity contribution >= 4 is 5.91 Å².